The molecule has 1 heterocycles. The maximum Gasteiger partial charge on any atom is 0.251 e. The van der Waals surface area contributed by atoms with Crippen LogP contribution in [0.3, 0.4) is 0 Å². The number of nitrogens with one attached hydrogen (secondary N) is 3. The van der Waals surface area contributed by atoms with E-state index >= 15 is 0 Å². The first kappa shape index (κ1) is 25.5. The first-order valence-corrected chi connectivity index (χ1v) is 10.5. The molecule has 0 atom stereocenters. The lowest BCUT2D eigenvalue weighted by atomic mass is 10.2. The number of nitrogens with zero attached hydrogens (tertiary/aromatic N) is 2. The number of benzene rings is 1. The maximum atomic E-state index is 12.0. The molecule has 1 fully saturated rings. The third-order valence-electron chi connectivity index (χ3n) is 4.78. The molecule has 1 aliphatic rings. The number of phenolic OH excluding ortho intramolecular Hbond substituents is 1. The Labute approximate surface area is 191 Å². The fourth-order valence-electron chi connectivity index (χ4n) is 3.26. The average Bonchev–Trinajstić information content (AvgIpc) is 2.97. The molecule has 1 aromatic rings. The zero-order valence-electron chi connectivity index (χ0n) is 17.5. The van der Waals surface area contributed by atoms with Crippen LogP contribution >= 0.6 is 24.0 Å². The van der Waals surface area contributed by atoms with E-state index in [-0.39, 0.29) is 35.6 Å². The number of amides is 1. The van der Waals surface area contributed by atoms with Gasteiger partial charge in [0.2, 0.25) is 0 Å². The number of rotatable bonds is 9. The number of guanidine groups is 1. The lowest BCUT2D eigenvalue weighted by Gasteiger charge is -2.19. The summed E-state index contributed by atoms with van der Waals surface area (Å²) in [6.07, 6.45) is 6.44. The van der Waals surface area contributed by atoms with E-state index in [0.717, 1.165) is 32.0 Å². The number of halogens is 1. The number of carbonyl (C=O) groups is 1. The number of aliphatic imine (C=N–C) groups is 1. The molecule has 29 heavy (non-hydrogen) atoms. The Morgan fingerprint density at radius 2 is 1.69 bits per heavy atom. The van der Waals surface area contributed by atoms with E-state index in [1.54, 1.807) is 12.1 Å². The quantitative estimate of drug-likeness (QED) is 0.175. The topological polar surface area (TPSA) is 89.0 Å². The van der Waals surface area contributed by atoms with E-state index in [4.69, 9.17) is 0 Å². The van der Waals surface area contributed by atoms with Gasteiger partial charge < -0.3 is 26.0 Å². The summed E-state index contributed by atoms with van der Waals surface area (Å²) in [5.74, 6) is 0.791. The molecule has 0 radical (unpaired) electrons. The lowest BCUT2D eigenvalue weighted by Crippen LogP contribution is -2.41. The van der Waals surface area contributed by atoms with Gasteiger partial charge in [-0.1, -0.05) is 12.8 Å². The molecule has 1 amide bonds. The monoisotopic (exact) mass is 517 g/mol. The largest absolute Gasteiger partial charge is 0.508 e. The van der Waals surface area contributed by atoms with Crippen LogP contribution in [-0.2, 0) is 0 Å². The Kier molecular flexibility index (Phi) is 13.5. The van der Waals surface area contributed by atoms with E-state index in [2.05, 4.69) is 25.8 Å². The molecule has 0 unspecified atom stereocenters. The van der Waals surface area contributed by atoms with Gasteiger partial charge in [-0.3, -0.25) is 9.79 Å². The number of aromatic hydroxyl groups is 1. The molecule has 0 saturated carbocycles. The molecule has 1 saturated heterocycles. The Bertz CT molecular complexity index is 602. The van der Waals surface area contributed by atoms with Gasteiger partial charge in [0.05, 0.1) is 0 Å². The standard InChI is InChI=1S/C21H35N5O2.HI/c1-2-22-21(24-12-7-17-26-15-5-3-4-6-16-26)25-14-13-23-20(28)18-8-10-19(27)11-9-18;/h8-11,27H,2-7,12-17H2,1H3,(H,23,28)(H2,22,24,25);1H. The normalized spacial score (nSPS) is 15.1. The summed E-state index contributed by atoms with van der Waals surface area (Å²) in [6.45, 7) is 8.31. The molecule has 0 bridgehead atoms. The first-order chi connectivity index (χ1) is 13.7. The van der Waals surface area contributed by atoms with Crippen LogP contribution in [0.1, 0.15) is 49.4 Å². The van der Waals surface area contributed by atoms with Crippen molar-refractivity contribution < 1.29 is 9.90 Å². The molecule has 0 spiro atoms. The second-order valence-corrected chi connectivity index (χ2v) is 7.10. The Morgan fingerprint density at radius 1 is 1.03 bits per heavy atom. The van der Waals surface area contributed by atoms with Gasteiger partial charge >= 0.3 is 0 Å². The van der Waals surface area contributed by atoms with Crippen LogP contribution in [-0.4, -0.2) is 67.7 Å². The molecule has 0 aliphatic carbocycles. The van der Waals surface area contributed by atoms with Crippen molar-refractivity contribution in [3.63, 3.8) is 0 Å². The number of phenols is 1. The van der Waals surface area contributed by atoms with Gasteiger partial charge in [-0.05, 0) is 70.1 Å². The summed E-state index contributed by atoms with van der Waals surface area (Å²) in [7, 11) is 0. The van der Waals surface area contributed by atoms with E-state index in [9.17, 15) is 9.90 Å². The van der Waals surface area contributed by atoms with Crippen molar-refractivity contribution in [3.05, 3.63) is 29.8 Å². The van der Waals surface area contributed by atoms with Crippen LogP contribution in [0, 0.1) is 0 Å². The molecule has 8 heteroatoms. The predicted octanol–water partition coefficient (Wildman–Crippen LogP) is 2.56. The van der Waals surface area contributed by atoms with Gasteiger partial charge in [0.25, 0.3) is 5.91 Å². The third kappa shape index (κ3) is 10.7. The third-order valence-corrected chi connectivity index (χ3v) is 4.78. The van der Waals surface area contributed by atoms with Gasteiger partial charge in [0.1, 0.15) is 5.75 Å². The number of hydrogen-bond donors (Lipinski definition) is 4. The van der Waals surface area contributed by atoms with Gasteiger partial charge in [-0.25, -0.2) is 0 Å². The molecule has 2 rings (SSSR count). The highest BCUT2D eigenvalue weighted by Crippen LogP contribution is 2.10. The molecular formula is C21H36IN5O2. The van der Waals surface area contributed by atoms with E-state index < -0.39 is 0 Å². The summed E-state index contributed by atoms with van der Waals surface area (Å²) >= 11 is 0. The Morgan fingerprint density at radius 3 is 2.34 bits per heavy atom. The van der Waals surface area contributed by atoms with Gasteiger partial charge in [0, 0.05) is 31.7 Å². The average molecular weight is 517 g/mol. The van der Waals surface area contributed by atoms with Gasteiger partial charge in [-0.15, -0.1) is 24.0 Å². The maximum absolute atomic E-state index is 12.0. The van der Waals surface area contributed by atoms with Crippen LogP contribution in [0.4, 0.5) is 0 Å². The minimum Gasteiger partial charge on any atom is -0.508 e. The van der Waals surface area contributed by atoms with Crippen molar-refractivity contribution in [3.8, 4) is 5.75 Å². The smallest absolute Gasteiger partial charge is 0.251 e. The highest BCUT2D eigenvalue weighted by molar-refractivity contribution is 14.0. The summed E-state index contributed by atoms with van der Waals surface area (Å²) < 4.78 is 0. The number of carbonyl (C=O) groups excluding carboxylic acids is 1. The summed E-state index contributed by atoms with van der Waals surface area (Å²) in [4.78, 5) is 19.2. The van der Waals surface area contributed by atoms with Crippen molar-refractivity contribution in [2.24, 2.45) is 4.99 Å². The van der Waals surface area contributed by atoms with E-state index in [1.807, 2.05) is 6.92 Å². The van der Waals surface area contributed by atoms with Crippen molar-refractivity contribution in [1.29, 1.82) is 0 Å². The lowest BCUT2D eigenvalue weighted by molar-refractivity contribution is 0.0954. The predicted molar refractivity (Wildman–Crippen MR) is 129 cm³/mol. The SMILES string of the molecule is CCNC(=NCCCN1CCCCCC1)NCCNC(=O)c1ccc(O)cc1.I. The van der Waals surface area contributed by atoms with E-state index in [1.165, 1.54) is 50.9 Å². The molecule has 1 aromatic carbocycles. The fourth-order valence-corrected chi connectivity index (χ4v) is 3.26. The van der Waals surface area contributed by atoms with Crippen molar-refractivity contribution >= 4 is 35.8 Å². The van der Waals surface area contributed by atoms with Gasteiger partial charge in [-0.2, -0.15) is 0 Å². The van der Waals surface area contributed by atoms with Crippen LogP contribution in [0.2, 0.25) is 0 Å². The Balaban J connectivity index is 0.00000420. The highest BCUT2D eigenvalue weighted by atomic mass is 127. The molecule has 4 N–H and O–H groups in total. The van der Waals surface area contributed by atoms with Crippen LogP contribution in [0.15, 0.2) is 29.3 Å². The summed E-state index contributed by atoms with van der Waals surface area (Å²) in [5, 5.41) is 18.6. The zero-order chi connectivity index (χ0) is 20.0. The zero-order valence-corrected chi connectivity index (χ0v) is 19.8. The fraction of sp³-hybridized carbons (Fsp3) is 0.619. The minimum atomic E-state index is -0.152. The highest BCUT2D eigenvalue weighted by Gasteiger charge is 2.08. The van der Waals surface area contributed by atoms with Crippen LogP contribution in [0.5, 0.6) is 5.75 Å². The Hall–Kier alpha value is -1.55. The van der Waals surface area contributed by atoms with Crippen LogP contribution in [0.25, 0.3) is 0 Å². The first-order valence-electron chi connectivity index (χ1n) is 10.5. The molecular weight excluding hydrogens is 481 g/mol. The number of likely N-dealkylation sites (tertiary alicyclic amines) is 1. The van der Waals surface area contributed by atoms with Gasteiger partial charge in [0.15, 0.2) is 5.96 Å². The minimum absolute atomic E-state index is 0. The molecule has 164 valence electrons. The second-order valence-electron chi connectivity index (χ2n) is 7.10. The van der Waals surface area contributed by atoms with Crippen LogP contribution < -0.4 is 16.0 Å². The second kappa shape index (κ2) is 15.3. The van der Waals surface area contributed by atoms with Crippen molar-refractivity contribution in [2.75, 3.05) is 45.8 Å². The molecule has 0 aromatic heterocycles. The van der Waals surface area contributed by atoms with Crippen molar-refractivity contribution in [1.82, 2.24) is 20.9 Å². The van der Waals surface area contributed by atoms with E-state index in [0.29, 0.717) is 18.7 Å². The van der Waals surface area contributed by atoms with Crippen molar-refractivity contribution in [2.45, 2.75) is 39.0 Å². The summed E-state index contributed by atoms with van der Waals surface area (Å²) in [6, 6.07) is 6.23. The molecule has 1 aliphatic heterocycles. The number of hydrogen-bond acceptors (Lipinski definition) is 4. The summed E-state index contributed by atoms with van der Waals surface area (Å²) in [5.41, 5.74) is 0.534. The molecule has 7 nitrogen and oxygen atoms in total.